The summed E-state index contributed by atoms with van der Waals surface area (Å²) in [5.41, 5.74) is 1.83. The molecule has 1 aliphatic rings. The first kappa shape index (κ1) is 18.4. The first-order valence-electron chi connectivity index (χ1n) is 8.38. The maximum absolute atomic E-state index is 11.8. The number of carboxylic acid groups (broad SMARTS) is 1. The van der Waals surface area contributed by atoms with E-state index in [1.54, 1.807) is 18.2 Å². The van der Waals surface area contributed by atoms with Gasteiger partial charge in [-0.1, -0.05) is 0 Å². The molecule has 9 nitrogen and oxygen atoms in total. The summed E-state index contributed by atoms with van der Waals surface area (Å²) >= 11 is 0. The molecule has 0 unspecified atom stereocenters. The number of esters is 1. The third-order valence-corrected chi connectivity index (χ3v) is 4.02. The minimum Gasteiger partial charge on any atom is -0.496 e. The lowest BCUT2D eigenvalue weighted by molar-refractivity contribution is -0.134. The van der Waals surface area contributed by atoms with Crippen LogP contribution in [0.2, 0.25) is 0 Å². The minimum atomic E-state index is -0.993. The Kier molecular flexibility index (Phi) is 5.39. The molecule has 1 aliphatic carbocycles. The van der Waals surface area contributed by atoms with Crippen molar-refractivity contribution in [2.45, 2.75) is 18.8 Å². The molecule has 3 rings (SSSR count). The van der Waals surface area contributed by atoms with Gasteiger partial charge >= 0.3 is 11.9 Å². The SMILES string of the molecule is COC(=O)c1ccc(Nc2cc(C3CC3)nc(NCC(=O)O)n2)cc1OC. The fourth-order valence-corrected chi connectivity index (χ4v) is 2.55. The molecule has 0 atom stereocenters. The summed E-state index contributed by atoms with van der Waals surface area (Å²) < 4.78 is 9.99. The van der Waals surface area contributed by atoms with Crippen molar-refractivity contribution < 1.29 is 24.2 Å². The van der Waals surface area contributed by atoms with Gasteiger partial charge in [-0.3, -0.25) is 4.79 Å². The van der Waals surface area contributed by atoms with Gasteiger partial charge in [-0.15, -0.1) is 0 Å². The Morgan fingerprint density at radius 3 is 2.63 bits per heavy atom. The first-order chi connectivity index (χ1) is 13.0. The highest BCUT2D eigenvalue weighted by Crippen LogP contribution is 2.40. The summed E-state index contributed by atoms with van der Waals surface area (Å²) in [4.78, 5) is 31.2. The quantitative estimate of drug-likeness (QED) is 0.599. The predicted molar refractivity (Wildman–Crippen MR) is 97.7 cm³/mol. The zero-order valence-electron chi connectivity index (χ0n) is 15.0. The second-order valence-electron chi connectivity index (χ2n) is 6.05. The number of rotatable bonds is 8. The number of carbonyl (C=O) groups is 2. The maximum atomic E-state index is 11.8. The monoisotopic (exact) mass is 372 g/mol. The smallest absolute Gasteiger partial charge is 0.341 e. The Balaban J connectivity index is 1.85. The summed E-state index contributed by atoms with van der Waals surface area (Å²) in [6.45, 7) is -0.269. The van der Waals surface area contributed by atoms with Crippen LogP contribution in [-0.4, -0.2) is 47.8 Å². The van der Waals surface area contributed by atoms with Crippen molar-refractivity contribution in [3.05, 3.63) is 35.5 Å². The molecule has 0 aliphatic heterocycles. The van der Waals surface area contributed by atoms with Gasteiger partial charge in [-0.25, -0.2) is 9.78 Å². The summed E-state index contributed by atoms with van der Waals surface area (Å²) in [6, 6.07) is 6.80. The number of carboxylic acids is 1. The van der Waals surface area contributed by atoms with Crippen LogP contribution in [0.3, 0.4) is 0 Å². The van der Waals surface area contributed by atoms with Gasteiger partial charge in [0.25, 0.3) is 0 Å². The molecule has 2 aromatic rings. The Hall–Kier alpha value is -3.36. The zero-order chi connectivity index (χ0) is 19.4. The predicted octanol–water partition coefficient (Wildman–Crippen LogP) is 2.39. The van der Waals surface area contributed by atoms with Crippen LogP contribution >= 0.6 is 0 Å². The van der Waals surface area contributed by atoms with Gasteiger partial charge in [-0.2, -0.15) is 4.98 Å². The molecule has 0 saturated heterocycles. The molecule has 1 heterocycles. The molecular weight excluding hydrogens is 352 g/mol. The van der Waals surface area contributed by atoms with Crippen molar-refractivity contribution in [3.8, 4) is 5.75 Å². The zero-order valence-corrected chi connectivity index (χ0v) is 15.0. The van der Waals surface area contributed by atoms with E-state index >= 15 is 0 Å². The van der Waals surface area contributed by atoms with E-state index in [1.807, 2.05) is 6.07 Å². The van der Waals surface area contributed by atoms with Gasteiger partial charge in [0.05, 0.1) is 19.9 Å². The number of nitrogens with one attached hydrogen (secondary N) is 2. The number of carbonyl (C=O) groups excluding carboxylic acids is 1. The summed E-state index contributed by atoms with van der Waals surface area (Å²) in [5.74, 6) is 0.0301. The number of aliphatic carboxylic acids is 1. The van der Waals surface area contributed by atoms with E-state index in [0.717, 1.165) is 18.5 Å². The largest absolute Gasteiger partial charge is 0.496 e. The highest BCUT2D eigenvalue weighted by molar-refractivity contribution is 5.93. The molecule has 0 amide bonds. The van der Waals surface area contributed by atoms with Crippen LogP contribution in [0.4, 0.5) is 17.5 Å². The minimum absolute atomic E-state index is 0.252. The molecule has 0 bridgehead atoms. The van der Waals surface area contributed by atoms with Crippen molar-refractivity contribution in [1.82, 2.24) is 9.97 Å². The van der Waals surface area contributed by atoms with E-state index < -0.39 is 11.9 Å². The van der Waals surface area contributed by atoms with E-state index in [9.17, 15) is 9.59 Å². The van der Waals surface area contributed by atoms with Crippen LogP contribution in [0.25, 0.3) is 0 Å². The molecule has 0 spiro atoms. The third-order valence-electron chi connectivity index (χ3n) is 4.02. The fraction of sp³-hybridized carbons (Fsp3) is 0.333. The average molecular weight is 372 g/mol. The molecule has 3 N–H and O–H groups in total. The lowest BCUT2D eigenvalue weighted by Crippen LogP contribution is -2.15. The van der Waals surface area contributed by atoms with Gasteiger partial charge in [-0.05, 0) is 25.0 Å². The molecule has 0 radical (unpaired) electrons. The Morgan fingerprint density at radius 2 is 2.00 bits per heavy atom. The van der Waals surface area contributed by atoms with Crippen LogP contribution in [0.5, 0.6) is 5.75 Å². The Labute approximate surface area is 155 Å². The van der Waals surface area contributed by atoms with Gasteiger partial charge < -0.3 is 25.2 Å². The van der Waals surface area contributed by atoms with E-state index in [2.05, 4.69) is 20.6 Å². The van der Waals surface area contributed by atoms with Crippen molar-refractivity contribution in [3.63, 3.8) is 0 Å². The Bertz CT molecular complexity index is 867. The van der Waals surface area contributed by atoms with Gasteiger partial charge in [0.15, 0.2) is 0 Å². The topological polar surface area (TPSA) is 123 Å². The second kappa shape index (κ2) is 7.90. The number of ether oxygens (including phenoxy) is 2. The molecular formula is C18H20N4O5. The van der Waals surface area contributed by atoms with Crippen LogP contribution in [0.15, 0.2) is 24.3 Å². The number of benzene rings is 1. The number of nitrogens with zero attached hydrogens (tertiary/aromatic N) is 2. The highest BCUT2D eigenvalue weighted by atomic mass is 16.5. The molecule has 9 heteroatoms. The van der Waals surface area contributed by atoms with Gasteiger partial charge in [0.1, 0.15) is 23.7 Å². The normalized spacial score (nSPS) is 13.0. The fourth-order valence-electron chi connectivity index (χ4n) is 2.55. The standard InChI is InChI=1S/C18H20N4O5/c1-26-14-7-11(5-6-12(14)17(25)27-2)20-15-8-13(10-3-4-10)21-18(22-15)19-9-16(23)24/h5-8,10H,3-4,9H2,1-2H3,(H,23,24)(H2,19,20,21,22). The van der Waals surface area contributed by atoms with E-state index in [-0.39, 0.29) is 12.5 Å². The summed E-state index contributed by atoms with van der Waals surface area (Å²) in [7, 11) is 2.77. The van der Waals surface area contributed by atoms with Crippen molar-refractivity contribution in [1.29, 1.82) is 0 Å². The van der Waals surface area contributed by atoms with Gasteiger partial charge in [0.2, 0.25) is 5.95 Å². The highest BCUT2D eigenvalue weighted by Gasteiger charge is 2.26. The third kappa shape index (κ3) is 4.63. The number of anilines is 3. The molecule has 1 aromatic carbocycles. The summed E-state index contributed by atoms with van der Waals surface area (Å²) in [5, 5.41) is 14.7. The Morgan fingerprint density at radius 1 is 1.22 bits per heavy atom. The maximum Gasteiger partial charge on any atom is 0.341 e. The number of methoxy groups -OCH3 is 2. The lowest BCUT2D eigenvalue weighted by atomic mass is 10.1. The second-order valence-corrected chi connectivity index (χ2v) is 6.05. The molecule has 1 saturated carbocycles. The lowest BCUT2D eigenvalue weighted by Gasteiger charge is -2.12. The number of hydrogen-bond donors (Lipinski definition) is 3. The van der Waals surface area contributed by atoms with Crippen molar-refractivity contribution >= 4 is 29.4 Å². The van der Waals surface area contributed by atoms with Crippen LogP contribution in [-0.2, 0) is 9.53 Å². The number of hydrogen-bond acceptors (Lipinski definition) is 8. The first-order valence-corrected chi connectivity index (χ1v) is 8.38. The molecule has 1 fully saturated rings. The van der Waals surface area contributed by atoms with Crippen LogP contribution < -0.4 is 15.4 Å². The molecule has 1 aromatic heterocycles. The van der Waals surface area contributed by atoms with E-state index in [1.165, 1.54) is 14.2 Å². The summed E-state index contributed by atoms with van der Waals surface area (Å²) in [6.07, 6.45) is 2.10. The van der Waals surface area contributed by atoms with Gasteiger partial charge in [0, 0.05) is 23.7 Å². The molecule has 142 valence electrons. The molecule has 27 heavy (non-hydrogen) atoms. The van der Waals surface area contributed by atoms with Crippen molar-refractivity contribution in [2.75, 3.05) is 31.4 Å². The van der Waals surface area contributed by atoms with Crippen LogP contribution in [0, 0.1) is 0 Å². The van der Waals surface area contributed by atoms with Crippen molar-refractivity contribution in [2.24, 2.45) is 0 Å². The number of aromatic nitrogens is 2. The van der Waals surface area contributed by atoms with E-state index in [4.69, 9.17) is 14.6 Å². The average Bonchev–Trinajstić information content (AvgIpc) is 3.50. The van der Waals surface area contributed by atoms with E-state index in [0.29, 0.717) is 28.7 Å². The van der Waals surface area contributed by atoms with Crippen LogP contribution in [0.1, 0.15) is 34.8 Å².